The van der Waals surface area contributed by atoms with Gasteiger partial charge in [-0.05, 0) is 359 Å². The van der Waals surface area contributed by atoms with Gasteiger partial charge in [-0.2, -0.15) is 0 Å². The summed E-state index contributed by atoms with van der Waals surface area (Å²) in [7, 11) is 1.28. The number of fused-ring (bicyclic) bond motifs is 15. The molecule has 0 amide bonds. The third-order valence-corrected chi connectivity index (χ3v) is 38.2. The van der Waals surface area contributed by atoms with Crippen molar-refractivity contribution in [3.05, 3.63) is 221 Å². The highest BCUT2D eigenvalue weighted by atomic mass is 32.1. The second-order valence-electron chi connectivity index (χ2n) is 38.6. The first-order valence-corrected chi connectivity index (χ1v) is 48.9. The molecule has 21 rings (SSSR count). The molecule has 6 saturated carbocycles. The van der Waals surface area contributed by atoms with Crippen molar-refractivity contribution >= 4 is 86.3 Å². The van der Waals surface area contributed by atoms with Crippen LogP contribution in [0.3, 0.4) is 0 Å². The van der Waals surface area contributed by atoms with Crippen LogP contribution in [0.4, 0.5) is 0 Å². The molecule has 0 saturated heterocycles. The average Bonchev–Trinajstić information content (AvgIpc) is 1.51. The van der Waals surface area contributed by atoms with Crippen LogP contribution in [0.2, 0.25) is 0 Å². The Morgan fingerprint density at radius 1 is 0.319 bits per heavy atom. The van der Waals surface area contributed by atoms with Crippen LogP contribution in [-0.4, -0.2) is 32.3 Å². The fraction of sp³-hybridized carbons (Fsp3) is 0.441. The van der Waals surface area contributed by atoms with E-state index in [0.29, 0.717) is 13.2 Å². The Kier molecular flexibility index (Phi) is 19.3. The SMILES string of the molecule is CCC12CCCC(CC)(CCC1)C21c2cc(C)ccc2-c2ccc(-c3ccc4c(c3)sc3cc5c(cc34)C3(c4cc6c(cc4-5)sc4cc(-c5ccc7c(c5)C5(c8cc(-c9ccc(-c%10ccc(OCCCCCCCCOC(=O)/C=C/C(=O)OC)cc%10)s9)ccc8-7)C7(CC)CCCC5(CC)CCC7)ccc46)C4(CC)CCCC3(CC)CCC4)cc21. The summed E-state index contributed by atoms with van der Waals surface area (Å²) in [5.41, 5.74) is 29.4. The Morgan fingerprint density at radius 3 is 1.08 bits per heavy atom. The van der Waals surface area contributed by atoms with Gasteiger partial charge >= 0.3 is 11.9 Å². The Labute approximate surface area is 718 Å². The van der Waals surface area contributed by atoms with E-state index in [1.165, 1.54) is 284 Å². The number of carbonyl (C=O) groups is 2. The Morgan fingerprint density at radius 2 is 0.655 bits per heavy atom. The predicted octanol–water partition coefficient (Wildman–Crippen LogP) is 31.7. The van der Waals surface area contributed by atoms with Crippen LogP contribution in [0.25, 0.3) is 117 Å². The molecule has 3 heterocycles. The van der Waals surface area contributed by atoms with Crippen LogP contribution >= 0.6 is 34.0 Å². The maximum atomic E-state index is 11.8. The molecular formula is C111H118O5S3. The molecule has 9 aliphatic carbocycles. The van der Waals surface area contributed by atoms with E-state index >= 15 is 0 Å². The van der Waals surface area contributed by atoms with E-state index in [0.717, 1.165) is 56.4 Å². The standard InChI is InChI=1S/C111H118O5S3/c1-9-103-47-21-49-104(10-2,50-22-48-103)109(103)89-61-71(7)27-37-79(89)80-38-30-73(62-90(80)109)75-32-41-83-87-67-93-85(69-99(87)118-97(83)65-75)86-70-100-88(68-94(86)111(93)107(13-5)55-25-57-108(111,14-6)58-26-56-107)84-42-33-76(66-98(84)119-100)74-31-39-81-82-40-34-77(64-92(82)110(91(81)63-74)105(11-3)51-23-53-106(110,12-4)54-24-52-105)96-44-43-95(117-96)72-28-35-78(36-29-72)115-59-19-17-15-16-18-20-60-116-102(113)46-45-101(112)114-8/h27-46,61-70H,9-26,47-60H2,1-8H3/b46-45+. The maximum absolute atomic E-state index is 11.8. The largest absolute Gasteiger partial charge is 0.494 e. The molecule has 0 atom stereocenters. The summed E-state index contributed by atoms with van der Waals surface area (Å²) >= 11 is 6.02. The van der Waals surface area contributed by atoms with E-state index < -0.39 is 11.9 Å². The monoisotopic (exact) mass is 1630 g/mol. The summed E-state index contributed by atoms with van der Waals surface area (Å²) in [5.74, 6) is -0.181. The quantitative estimate of drug-likeness (QED) is 0.0384. The molecule has 9 aromatic carbocycles. The molecule has 3 spiro atoms. The summed E-state index contributed by atoms with van der Waals surface area (Å²) in [5, 5.41) is 5.79. The number of rotatable bonds is 22. The first kappa shape index (κ1) is 77.9. The molecule has 0 N–H and O–H groups in total. The first-order chi connectivity index (χ1) is 58.1. The molecule has 610 valence electrons. The van der Waals surface area contributed by atoms with Gasteiger partial charge in [0.2, 0.25) is 0 Å². The zero-order valence-corrected chi connectivity index (χ0v) is 74.2. The average molecular weight is 1630 g/mol. The normalized spacial score (nSPS) is 27.2. The van der Waals surface area contributed by atoms with E-state index in [1.807, 2.05) is 22.7 Å². The summed E-state index contributed by atoms with van der Waals surface area (Å²) in [6.07, 6.45) is 39.3. The second-order valence-corrected chi connectivity index (χ2v) is 41.9. The molecule has 3 aromatic heterocycles. The Bertz CT molecular complexity index is 6010. The van der Waals surface area contributed by atoms with E-state index in [9.17, 15) is 9.59 Å². The number of aryl methyl sites for hydroxylation is 1. The van der Waals surface area contributed by atoms with Crippen molar-refractivity contribution < 1.29 is 23.8 Å². The highest BCUT2D eigenvalue weighted by molar-refractivity contribution is 7.26. The third kappa shape index (κ3) is 10.9. The molecule has 0 unspecified atom stereocenters. The number of hydrogen-bond donors (Lipinski definition) is 0. The van der Waals surface area contributed by atoms with Crippen molar-refractivity contribution in [1.29, 1.82) is 0 Å². The van der Waals surface area contributed by atoms with Gasteiger partial charge in [0.05, 0.1) is 20.3 Å². The zero-order valence-electron chi connectivity index (χ0n) is 71.7. The number of methoxy groups -OCH3 is 1. The van der Waals surface area contributed by atoms with Gasteiger partial charge in [0.25, 0.3) is 0 Å². The van der Waals surface area contributed by atoms with Crippen molar-refractivity contribution in [2.24, 2.45) is 32.5 Å². The Balaban J connectivity index is 0.602. The molecule has 5 nitrogen and oxygen atoms in total. The van der Waals surface area contributed by atoms with Crippen LogP contribution in [0.1, 0.15) is 273 Å². The van der Waals surface area contributed by atoms with Gasteiger partial charge in [-0.3, -0.25) is 0 Å². The van der Waals surface area contributed by atoms with Crippen molar-refractivity contribution in [1.82, 2.24) is 0 Å². The first-order valence-electron chi connectivity index (χ1n) is 46.5. The van der Waals surface area contributed by atoms with Crippen LogP contribution in [0.15, 0.2) is 182 Å². The van der Waals surface area contributed by atoms with Gasteiger partial charge in [-0.15, -0.1) is 34.0 Å². The van der Waals surface area contributed by atoms with E-state index in [2.05, 4.69) is 234 Å². The summed E-state index contributed by atoms with van der Waals surface area (Å²) < 4.78 is 21.7. The van der Waals surface area contributed by atoms with Gasteiger partial charge in [0.1, 0.15) is 5.75 Å². The summed E-state index contributed by atoms with van der Waals surface area (Å²) in [6, 6.07) is 70.8. The third-order valence-electron chi connectivity index (χ3n) is 34.8. The van der Waals surface area contributed by atoms with Gasteiger partial charge in [-0.1, -0.05) is 190 Å². The molecule has 0 aliphatic heterocycles. The molecule has 0 radical (unpaired) electrons. The number of benzene rings is 9. The Hall–Kier alpha value is -8.40. The van der Waals surface area contributed by atoms with Crippen LogP contribution in [-0.2, 0) is 35.3 Å². The fourth-order valence-electron chi connectivity index (χ4n) is 29.8. The van der Waals surface area contributed by atoms with Crippen molar-refractivity contribution in [2.75, 3.05) is 20.3 Å². The minimum absolute atomic E-state index is 0.0350. The van der Waals surface area contributed by atoms with Gasteiger partial charge in [-0.25, -0.2) is 9.59 Å². The lowest BCUT2D eigenvalue weighted by Gasteiger charge is -2.67. The lowest BCUT2D eigenvalue weighted by Crippen LogP contribution is -2.61. The molecule has 6 fully saturated rings. The fourth-order valence-corrected chi connectivity index (χ4v) is 33.1. The number of hydrogen-bond acceptors (Lipinski definition) is 8. The molecule has 9 aliphatic rings. The minimum Gasteiger partial charge on any atom is -0.494 e. The van der Waals surface area contributed by atoms with Crippen LogP contribution < -0.4 is 4.74 Å². The number of unbranched alkanes of at least 4 members (excludes halogenated alkanes) is 5. The topological polar surface area (TPSA) is 61.8 Å². The summed E-state index contributed by atoms with van der Waals surface area (Å²) in [4.78, 5) is 25.7. The second kappa shape index (κ2) is 29.4. The lowest BCUT2D eigenvalue weighted by atomic mass is 9.36. The van der Waals surface area contributed by atoms with E-state index in [4.69, 9.17) is 9.47 Å². The van der Waals surface area contributed by atoms with Crippen LogP contribution in [0.5, 0.6) is 5.75 Å². The van der Waals surface area contributed by atoms with Gasteiger partial charge < -0.3 is 14.2 Å². The number of ether oxygens (including phenoxy) is 3. The minimum atomic E-state index is -0.570. The highest BCUT2D eigenvalue weighted by Crippen LogP contribution is 2.80. The molecule has 119 heavy (non-hydrogen) atoms. The van der Waals surface area contributed by atoms with Gasteiger partial charge in [0, 0.05) is 78.5 Å². The zero-order chi connectivity index (χ0) is 81.1. The molecular weight excluding hydrogens is 1510 g/mol. The van der Waals surface area contributed by atoms with E-state index in [-0.39, 0.29) is 48.7 Å². The van der Waals surface area contributed by atoms with Crippen molar-refractivity contribution in [2.45, 2.75) is 257 Å². The van der Waals surface area contributed by atoms with Crippen molar-refractivity contribution in [3.8, 4) is 82.3 Å². The van der Waals surface area contributed by atoms with E-state index in [1.54, 1.807) is 33.4 Å². The lowest BCUT2D eigenvalue weighted by molar-refractivity contribution is -0.139. The molecule has 12 aromatic rings. The highest BCUT2D eigenvalue weighted by Gasteiger charge is 2.72. The number of carbonyl (C=O) groups excluding carboxylic acids is 2. The van der Waals surface area contributed by atoms with Gasteiger partial charge in [0.15, 0.2) is 0 Å². The maximum Gasteiger partial charge on any atom is 0.331 e. The number of esters is 2. The predicted molar refractivity (Wildman–Crippen MR) is 500 cm³/mol. The molecule has 8 heteroatoms. The summed E-state index contributed by atoms with van der Waals surface area (Å²) in [6.45, 7) is 18.8. The smallest absolute Gasteiger partial charge is 0.331 e. The van der Waals surface area contributed by atoms with Crippen molar-refractivity contribution in [3.63, 3.8) is 0 Å². The number of thiophene rings is 3. The molecule has 6 bridgehead atoms. The van der Waals surface area contributed by atoms with Crippen LogP contribution in [0, 0.1) is 39.4 Å².